The molecule has 2 atom stereocenters. The second kappa shape index (κ2) is 6.27. The largest absolute Gasteiger partial charge is 0.307 e. The predicted molar refractivity (Wildman–Crippen MR) is 71.9 cm³/mol. The summed E-state index contributed by atoms with van der Waals surface area (Å²) in [5.41, 5.74) is 1.29. The Kier molecular flexibility index (Phi) is 5.30. The van der Waals surface area contributed by atoms with Crippen molar-refractivity contribution >= 4 is 11.6 Å². The van der Waals surface area contributed by atoms with Gasteiger partial charge in [0.25, 0.3) is 0 Å². The van der Waals surface area contributed by atoms with E-state index in [1.807, 2.05) is 12.1 Å². The minimum Gasteiger partial charge on any atom is -0.307 e. The summed E-state index contributed by atoms with van der Waals surface area (Å²) in [5.74, 6) is 0.666. The van der Waals surface area contributed by atoms with Crippen molar-refractivity contribution in [1.29, 1.82) is 0 Å². The molecule has 0 aliphatic carbocycles. The molecule has 0 fully saturated rings. The van der Waals surface area contributed by atoms with Crippen LogP contribution >= 0.6 is 11.6 Å². The average Bonchev–Trinajstić information content (AvgIpc) is 2.26. The number of rotatable bonds is 5. The smallest absolute Gasteiger partial charge is 0.0406 e. The molecule has 1 rings (SSSR count). The van der Waals surface area contributed by atoms with Gasteiger partial charge in [0.15, 0.2) is 0 Å². The third kappa shape index (κ3) is 3.80. The average molecular weight is 240 g/mol. The van der Waals surface area contributed by atoms with E-state index in [1.54, 1.807) is 0 Å². The molecule has 0 heterocycles. The highest BCUT2D eigenvalue weighted by Crippen LogP contribution is 2.18. The number of hydrogen-bond donors (Lipinski definition) is 1. The van der Waals surface area contributed by atoms with Crippen LogP contribution in [0.5, 0.6) is 0 Å². The van der Waals surface area contributed by atoms with Crippen molar-refractivity contribution in [2.75, 3.05) is 0 Å². The number of nitrogens with one attached hydrogen (secondary N) is 1. The lowest BCUT2D eigenvalue weighted by molar-refractivity contribution is 0.356. The van der Waals surface area contributed by atoms with E-state index in [0.29, 0.717) is 18.0 Å². The van der Waals surface area contributed by atoms with Crippen LogP contribution in [0.2, 0.25) is 5.02 Å². The van der Waals surface area contributed by atoms with Gasteiger partial charge >= 0.3 is 0 Å². The van der Waals surface area contributed by atoms with E-state index in [0.717, 1.165) is 11.4 Å². The van der Waals surface area contributed by atoms with E-state index < -0.39 is 0 Å². The molecular weight excluding hydrogens is 218 g/mol. The van der Waals surface area contributed by atoms with E-state index in [2.05, 4.69) is 45.1 Å². The maximum absolute atomic E-state index is 5.88. The van der Waals surface area contributed by atoms with Gasteiger partial charge in [-0.05, 0) is 37.0 Å². The van der Waals surface area contributed by atoms with E-state index in [1.165, 1.54) is 5.56 Å². The Morgan fingerprint density at radius 1 is 1.12 bits per heavy atom. The van der Waals surface area contributed by atoms with Crippen LogP contribution in [0.15, 0.2) is 24.3 Å². The molecule has 1 N–H and O–H groups in total. The van der Waals surface area contributed by atoms with Crippen LogP contribution in [0.1, 0.15) is 45.7 Å². The third-order valence-electron chi connectivity index (χ3n) is 3.08. The van der Waals surface area contributed by atoms with Crippen molar-refractivity contribution < 1.29 is 0 Å². The Labute approximate surface area is 104 Å². The van der Waals surface area contributed by atoms with Gasteiger partial charge in [-0.25, -0.2) is 0 Å². The van der Waals surface area contributed by atoms with Gasteiger partial charge in [0.2, 0.25) is 0 Å². The first-order valence-electron chi connectivity index (χ1n) is 6.06. The van der Waals surface area contributed by atoms with Gasteiger partial charge in [-0.3, -0.25) is 0 Å². The van der Waals surface area contributed by atoms with Crippen LogP contribution < -0.4 is 5.32 Å². The van der Waals surface area contributed by atoms with Crippen LogP contribution in [0.3, 0.4) is 0 Å². The summed E-state index contributed by atoms with van der Waals surface area (Å²) >= 11 is 5.88. The van der Waals surface area contributed by atoms with E-state index >= 15 is 0 Å². The summed E-state index contributed by atoms with van der Waals surface area (Å²) in [7, 11) is 0. The molecule has 0 aliphatic rings. The minimum absolute atomic E-state index is 0.379. The summed E-state index contributed by atoms with van der Waals surface area (Å²) in [6.45, 7) is 8.95. The molecule has 2 heteroatoms. The highest BCUT2D eigenvalue weighted by Gasteiger charge is 2.14. The normalized spacial score (nSPS) is 15.1. The molecule has 0 saturated heterocycles. The Morgan fingerprint density at radius 2 is 1.69 bits per heavy atom. The highest BCUT2D eigenvalue weighted by atomic mass is 35.5. The Hall–Kier alpha value is -0.530. The zero-order valence-electron chi connectivity index (χ0n) is 10.6. The topological polar surface area (TPSA) is 12.0 Å². The second-order valence-electron chi connectivity index (χ2n) is 4.70. The Balaban J connectivity index is 2.64. The summed E-state index contributed by atoms with van der Waals surface area (Å²) in [6, 6.07) is 9.03. The second-order valence-corrected chi connectivity index (χ2v) is 5.14. The van der Waals surface area contributed by atoms with Crippen molar-refractivity contribution in [2.45, 2.75) is 46.2 Å². The van der Waals surface area contributed by atoms with E-state index in [4.69, 9.17) is 11.6 Å². The van der Waals surface area contributed by atoms with Crippen molar-refractivity contribution in [1.82, 2.24) is 5.32 Å². The first-order valence-corrected chi connectivity index (χ1v) is 6.44. The van der Waals surface area contributed by atoms with Gasteiger partial charge in [-0.15, -0.1) is 0 Å². The number of benzene rings is 1. The fourth-order valence-electron chi connectivity index (χ4n) is 1.95. The van der Waals surface area contributed by atoms with Crippen LogP contribution in [0.4, 0.5) is 0 Å². The molecule has 1 aromatic carbocycles. The molecule has 0 aliphatic heterocycles. The zero-order chi connectivity index (χ0) is 12.1. The summed E-state index contributed by atoms with van der Waals surface area (Å²) in [6.07, 6.45) is 1.16. The van der Waals surface area contributed by atoms with Crippen LogP contribution in [-0.4, -0.2) is 6.04 Å². The zero-order valence-corrected chi connectivity index (χ0v) is 11.4. The minimum atomic E-state index is 0.379. The van der Waals surface area contributed by atoms with Gasteiger partial charge in [-0.1, -0.05) is 44.5 Å². The molecule has 0 radical (unpaired) electrons. The fourth-order valence-corrected chi connectivity index (χ4v) is 2.08. The lowest BCUT2D eigenvalue weighted by Crippen LogP contribution is -2.35. The molecule has 1 aromatic rings. The van der Waals surface area contributed by atoms with Crippen LogP contribution in [-0.2, 0) is 0 Å². The lowest BCUT2D eigenvalue weighted by atomic mass is 9.99. The van der Waals surface area contributed by atoms with Crippen LogP contribution in [0.25, 0.3) is 0 Å². The van der Waals surface area contributed by atoms with Gasteiger partial charge in [-0.2, -0.15) is 0 Å². The first kappa shape index (κ1) is 13.5. The van der Waals surface area contributed by atoms with Crippen molar-refractivity contribution in [3.63, 3.8) is 0 Å². The Bertz CT molecular complexity index is 305. The molecule has 90 valence electrons. The molecule has 0 spiro atoms. The molecule has 0 aromatic heterocycles. The summed E-state index contributed by atoms with van der Waals surface area (Å²) in [5, 5.41) is 4.46. The summed E-state index contributed by atoms with van der Waals surface area (Å²) in [4.78, 5) is 0. The van der Waals surface area contributed by atoms with Crippen molar-refractivity contribution in [3.8, 4) is 0 Å². The fraction of sp³-hybridized carbons (Fsp3) is 0.571. The maximum atomic E-state index is 5.88. The first-order chi connectivity index (χ1) is 7.54. The van der Waals surface area contributed by atoms with Crippen molar-refractivity contribution in [3.05, 3.63) is 34.9 Å². The van der Waals surface area contributed by atoms with Crippen LogP contribution in [0, 0.1) is 5.92 Å². The Morgan fingerprint density at radius 3 is 2.12 bits per heavy atom. The van der Waals surface area contributed by atoms with Gasteiger partial charge < -0.3 is 5.32 Å². The maximum Gasteiger partial charge on any atom is 0.0406 e. The third-order valence-corrected chi connectivity index (χ3v) is 3.33. The standard InChI is InChI=1S/C14H22ClN/c1-5-14(10(2)3)16-11(4)12-6-8-13(15)9-7-12/h6-11,14,16H,5H2,1-4H3/t11-,14?/m1/s1. The quantitative estimate of drug-likeness (QED) is 0.802. The highest BCUT2D eigenvalue weighted by molar-refractivity contribution is 6.30. The molecule has 1 nitrogen and oxygen atoms in total. The molecule has 1 unspecified atom stereocenters. The SMILES string of the molecule is CCC(N[C@H](C)c1ccc(Cl)cc1)C(C)C. The predicted octanol–water partition coefficient (Wildman–Crippen LogP) is 4.43. The molecule has 16 heavy (non-hydrogen) atoms. The monoisotopic (exact) mass is 239 g/mol. The molecule has 0 saturated carbocycles. The van der Waals surface area contributed by atoms with Gasteiger partial charge in [0.05, 0.1) is 0 Å². The van der Waals surface area contributed by atoms with Crippen molar-refractivity contribution in [2.24, 2.45) is 5.92 Å². The number of halogens is 1. The van der Waals surface area contributed by atoms with E-state index in [-0.39, 0.29) is 0 Å². The molecular formula is C14H22ClN. The molecule has 0 bridgehead atoms. The van der Waals surface area contributed by atoms with E-state index in [9.17, 15) is 0 Å². The number of hydrogen-bond acceptors (Lipinski definition) is 1. The summed E-state index contributed by atoms with van der Waals surface area (Å²) < 4.78 is 0. The molecule has 0 amide bonds. The van der Waals surface area contributed by atoms with Gasteiger partial charge in [0.1, 0.15) is 0 Å². The lowest BCUT2D eigenvalue weighted by Gasteiger charge is -2.25. The van der Waals surface area contributed by atoms with Gasteiger partial charge in [0, 0.05) is 17.1 Å².